The molecule has 1 aliphatic rings. The van der Waals surface area contributed by atoms with E-state index in [-0.39, 0.29) is 5.91 Å². The zero-order valence-corrected chi connectivity index (χ0v) is 10.7. The van der Waals surface area contributed by atoms with Crippen LogP contribution in [0.15, 0.2) is 30.9 Å². The van der Waals surface area contributed by atoms with Gasteiger partial charge in [-0.05, 0) is 12.1 Å². The van der Waals surface area contributed by atoms with E-state index in [2.05, 4.69) is 15.0 Å². The van der Waals surface area contributed by atoms with E-state index in [4.69, 9.17) is 0 Å². The molecule has 96 valence electrons. The molecule has 2 aromatic rings. The maximum absolute atomic E-state index is 11.5. The lowest BCUT2D eigenvalue weighted by atomic mass is 10.00. The van der Waals surface area contributed by atoms with Crippen molar-refractivity contribution in [3.63, 3.8) is 0 Å². The summed E-state index contributed by atoms with van der Waals surface area (Å²) in [6.45, 7) is 2.92. The number of nitrogens with zero attached hydrogens (tertiary/aromatic N) is 4. The number of rotatable bonds is 1. The Morgan fingerprint density at radius 2 is 2.05 bits per heavy atom. The zero-order chi connectivity index (χ0) is 13.2. The highest BCUT2D eigenvalue weighted by Crippen LogP contribution is 2.26. The van der Waals surface area contributed by atoms with Crippen LogP contribution in [0.2, 0.25) is 0 Å². The van der Waals surface area contributed by atoms with Crippen LogP contribution >= 0.6 is 0 Å². The van der Waals surface area contributed by atoms with E-state index in [1.165, 1.54) is 0 Å². The van der Waals surface area contributed by atoms with Crippen molar-refractivity contribution in [1.29, 1.82) is 0 Å². The number of pyridine rings is 1. The Bertz CT molecular complexity index is 612. The van der Waals surface area contributed by atoms with E-state index in [1.54, 1.807) is 25.6 Å². The minimum Gasteiger partial charge on any atom is -0.338 e. The van der Waals surface area contributed by atoms with Crippen LogP contribution in [0.5, 0.6) is 0 Å². The van der Waals surface area contributed by atoms with Gasteiger partial charge in [-0.15, -0.1) is 0 Å². The molecule has 0 aromatic carbocycles. The molecule has 0 saturated carbocycles. The van der Waals surface area contributed by atoms with Gasteiger partial charge in [0.15, 0.2) is 0 Å². The molecule has 0 radical (unpaired) electrons. The van der Waals surface area contributed by atoms with Gasteiger partial charge >= 0.3 is 0 Å². The lowest BCUT2D eigenvalue weighted by Crippen LogP contribution is -2.35. The van der Waals surface area contributed by atoms with Crippen molar-refractivity contribution < 1.29 is 4.79 Å². The summed E-state index contributed by atoms with van der Waals surface area (Å²) in [7, 11) is 0. The normalized spacial score (nSPS) is 14.1. The van der Waals surface area contributed by atoms with Gasteiger partial charge in [0, 0.05) is 50.0 Å². The molecule has 1 aliphatic heterocycles. The number of carbonyl (C=O) groups is 1. The first-order valence-electron chi connectivity index (χ1n) is 6.24. The van der Waals surface area contributed by atoms with Gasteiger partial charge in [-0.2, -0.15) is 0 Å². The SMILES string of the molecule is CC(=O)N1CCc2ncnc(-c3ccncc3)c2C1. The van der Waals surface area contributed by atoms with Crippen molar-refractivity contribution in [2.24, 2.45) is 0 Å². The fraction of sp³-hybridized carbons (Fsp3) is 0.286. The van der Waals surface area contributed by atoms with Crippen LogP contribution in [-0.4, -0.2) is 32.3 Å². The average Bonchev–Trinajstić information content (AvgIpc) is 2.47. The molecule has 0 N–H and O–H groups in total. The molecule has 0 saturated heterocycles. The largest absolute Gasteiger partial charge is 0.338 e. The van der Waals surface area contributed by atoms with Crippen molar-refractivity contribution in [1.82, 2.24) is 19.9 Å². The van der Waals surface area contributed by atoms with Crippen LogP contribution in [-0.2, 0) is 17.8 Å². The lowest BCUT2D eigenvalue weighted by molar-refractivity contribution is -0.129. The van der Waals surface area contributed by atoms with Gasteiger partial charge in [0.25, 0.3) is 0 Å². The highest BCUT2D eigenvalue weighted by Gasteiger charge is 2.22. The number of aromatic nitrogens is 3. The third-order valence-electron chi connectivity index (χ3n) is 3.40. The maximum Gasteiger partial charge on any atom is 0.219 e. The monoisotopic (exact) mass is 254 g/mol. The van der Waals surface area contributed by atoms with Gasteiger partial charge < -0.3 is 4.90 Å². The van der Waals surface area contributed by atoms with Crippen molar-refractivity contribution in [2.75, 3.05) is 6.54 Å². The van der Waals surface area contributed by atoms with Crippen LogP contribution in [0.3, 0.4) is 0 Å². The highest BCUT2D eigenvalue weighted by molar-refractivity contribution is 5.74. The van der Waals surface area contributed by atoms with Crippen molar-refractivity contribution >= 4 is 5.91 Å². The van der Waals surface area contributed by atoms with E-state index < -0.39 is 0 Å². The third-order valence-corrected chi connectivity index (χ3v) is 3.40. The summed E-state index contributed by atoms with van der Waals surface area (Å²) in [5, 5.41) is 0. The summed E-state index contributed by atoms with van der Waals surface area (Å²) < 4.78 is 0. The highest BCUT2D eigenvalue weighted by atomic mass is 16.2. The predicted molar refractivity (Wildman–Crippen MR) is 70.1 cm³/mol. The fourth-order valence-corrected chi connectivity index (χ4v) is 2.37. The first-order valence-corrected chi connectivity index (χ1v) is 6.24. The van der Waals surface area contributed by atoms with Crippen LogP contribution in [0.25, 0.3) is 11.3 Å². The molecule has 1 amide bonds. The number of carbonyl (C=O) groups excluding carboxylic acids is 1. The van der Waals surface area contributed by atoms with Gasteiger partial charge in [-0.25, -0.2) is 9.97 Å². The topological polar surface area (TPSA) is 59.0 Å². The van der Waals surface area contributed by atoms with Crippen LogP contribution in [0.1, 0.15) is 18.2 Å². The molecule has 3 rings (SSSR count). The Morgan fingerprint density at radius 1 is 1.26 bits per heavy atom. The summed E-state index contributed by atoms with van der Waals surface area (Å²) in [6, 6.07) is 3.85. The Balaban J connectivity index is 2.06. The van der Waals surface area contributed by atoms with Crippen LogP contribution in [0.4, 0.5) is 0 Å². The maximum atomic E-state index is 11.5. The Labute approximate surface area is 111 Å². The lowest BCUT2D eigenvalue weighted by Gasteiger charge is -2.28. The quantitative estimate of drug-likeness (QED) is 0.772. The Morgan fingerprint density at radius 3 is 2.79 bits per heavy atom. The second-order valence-corrected chi connectivity index (χ2v) is 4.57. The zero-order valence-electron chi connectivity index (χ0n) is 10.7. The van der Waals surface area contributed by atoms with Gasteiger partial charge in [0.1, 0.15) is 6.33 Å². The Kier molecular flexibility index (Phi) is 2.95. The first-order chi connectivity index (χ1) is 9.25. The number of hydrogen-bond donors (Lipinski definition) is 0. The Hall–Kier alpha value is -2.30. The first kappa shape index (κ1) is 11.8. The molecular formula is C14H14N4O. The van der Waals surface area contributed by atoms with Gasteiger partial charge in [0.2, 0.25) is 5.91 Å². The molecule has 19 heavy (non-hydrogen) atoms. The second-order valence-electron chi connectivity index (χ2n) is 4.57. The average molecular weight is 254 g/mol. The minimum atomic E-state index is 0.0928. The summed E-state index contributed by atoms with van der Waals surface area (Å²) in [5.41, 5.74) is 4.01. The van der Waals surface area contributed by atoms with Crippen molar-refractivity contribution in [3.8, 4) is 11.3 Å². The van der Waals surface area contributed by atoms with Gasteiger partial charge in [-0.1, -0.05) is 0 Å². The molecular weight excluding hydrogens is 240 g/mol. The van der Waals surface area contributed by atoms with Crippen molar-refractivity contribution in [2.45, 2.75) is 19.9 Å². The molecule has 0 spiro atoms. The van der Waals surface area contributed by atoms with Gasteiger partial charge in [-0.3, -0.25) is 9.78 Å². The molecule has 0 atom stereocenters. The molecule has 5 nitrogen and oxygen atoms in total. The van der Waals surface area contributed by atoms with Crippen LogP contribution < -0.4 is 0 Å². The van der Waals surface area contributed by atoms with E-state index >= 15 is 0 Å². The summed E-state index contributed by atoms with van der Waals surface area (Å²) >= 11 is 0. The molecule has 0 aliphatic carbocycles. The van der Waals surface area contributed by atoms with E-state index in [0.29, 0.717) is 6.54 Å². The minimum absolute atomic E-state index is 0.0928. The number of hydrogen-bond acceptors (Lipinski definition) is 4. The predicted octanol–water partition coefficient (Wildman–Crippen LogP) is 1.44. The third kappa shape index (κ3) is 2.19. The van der Waals surface area contributed by atoms with Gasteiger partial charge in [0.05, 0.1) is 11.4 Å². The fourth-order valence-electron chi connectivity index (χ4n) is 2.37. The second kappa shape index (κ2) is 4.76. The summed E-state index contributed by atoms with van der Waals surface area (Å²) in [4.78, 5) is 26.1. The molecule has 5 heteroatoms. The molecule has 0 unspecified atom stereocenters. The summed E-state index contributed by atoms with van der Waals surface area (Å²) in [6.07, 6.45) is 5.87. The number of amides is 1. The molecule has 0 fully saturated rings. The molecule has 0 bridgehead atoms. The van der Waals surface area contributed by atoms with Crippen LogP contribution in [0, 0.1) is 0 Å². The number of fused-ring (bicyclic) bond motifs is 1. The standard InChI is InChI=1S/C14H14N4O/c1-10(19)18-7-4-13-12(8-18)14(17-9-16-13)11-2-5-15-6-3-11/h2-3,5-6,9H,4,7-8H2,1H3. The van der Waals surface area contributed by atoms with E-state index in [1.807, 2.05) is 17.0 Å². The summed E-state index contributed by atoms with van der Waals surface area (Å²) in [5.74, 6) is 0.0928. The molecule has 3 heterocycles. The van der Waals surface area contributed by atoms with E-state index in [9.17, 15) is 4.79 Å². The smallest absolute Gasteiger partial charge is 0.219 e. The molecule has 2 aromatic heterocycles. The van der Waals surface area contributed by atoms with E-state index in [0.717, 1.165) is 35.5 Å². The van der Waals surface area contributed by atoms with Crippen molar-refractivity contribution in [3.05, 3.63) is 42.1 Å².